The Morgan fingerprint density at radius 3 is 2.60 bits per heavy atom. The number of halogens is 1. The van der Waals surface area contributed by atoms with Crippen molar-refractivity contribution in [2.45, 2.75) is 13.0 Å². The van der Waals surface area contributed by atoms with Gasteiger partial charge in [-0.1, -0.05) is 12.1 Å². The highest BCUT2D eigenvalue weighted by molar-refractivity contribution is 5.75. The maximum atomic E-state index is 12.6. The first-order valence-electron chi connectivity index (χ1n) is 4.88. The summed E-state index contributed by atoms with van der Waals surface area (Å²) >= 11 is 0. The Morgan fingerprint density at radius 2 is 2.00 bits per heavy atom. The molecule has 82 valence electrons. The van der Waals surface area contributed by atoms with Crippen molar-refractivity contribution < 1.29 is 9.18 Å². The van der Waals surface area contributed by atoms with Crippen LogP contribution in [-0.2, 0) is 11.3 Å². The molecule has 1 amide bonds. The maximum absolute atomic E-state index is 12.6. The third-order valence-corrected chi connectivity index (χ3v) is 2.05. The zero-order valence-electron chi connectivity index (χ0n) is 8.72. The Hall–Kier alpha value is -1.42. The largest absolute Gasteiger partial charge is 0.359 e. The standard InChI is InChI=1S/C11H15FN2O/c1-13-11(15)6-7-14-8-9-2-4-10(12)5-3-9/h2-5,14H,6-8H2,1H3,(H,13,15). The second kappa shape index (κ2) is 6.14. The van der Waals surface area contributed by atoms with Gasteiger partial charge < -0.3 is 10.6 Å². The minimum absolute atomic E-state index is 0.0154. The number of benzene rings is 1. The van der Waals surface area contributed by atoms with E-state index in [1.54, 1.807) is 19.2 Å². The molecule has 0 aromatic heterocycles. The molecule has 0 saturated carbocycles. The van der Waals surface area contributed by atoms with E-state index in [9.17, 15) is 9.18 Å². The molecule has 1 rings (SSSR count). The molecule has 1 aromatic rings. The summed E-state index contributed by atoms with van der Waals surface area (Å²) in [6, 6.07) is 6.30. The molecule has 2 N–H and O–H groups in total. The van der Waals surface area contributed by atoms with Gasteiger partial charge in [0.15, 0.2) is 0 Å². The summed E-state index contributed by atoms with van der Waals surface area (Å²) in [6.07, 6.45) is 0.456. The lowest BCUT2D eigenvalue weighted by Crippen LogP contribution is -2.24. The van der Waals surface area contributed by atoms with E-state index in [4.69, 9.17) is 0 Å². The van der Waals surface area contributed by atoms with Crippen molar-refractivity contribution in [1.82, 2.24) is 10.6 Å². The van der Waals surface area contributed by atoms with Crippen LogP contribution in [0.15, 0.2) is 24.3 Å². The van der Waals surface area contributed by atoms with E-state index in [-0.39, 0.29) is 11.7 Å². The summed E-state index contributed by atoms with van der Waals surface area (Å²) < 4.78 is 12.6. The van der Waals surface area contributed by atoms with Crippen molar-refractivity contribution in [3.63, 3.8) is 0 Å². The van der Waals surface area contributed by atoms with Crippen molar-refractivity contribution in [3.05, 3.63) is 35.6 Å². The molecule has 0 radical (unpaired) electrons. The molecule has 0 spiro atoms. The third kappa shape index (κ3) is 4.56. The smallest absolute Gasteiger partial charge is 0.221 e. The van der Waals surface area contributed by atoms with E-state index in [0.29, 0.717) is 19.5 Å². The molecule has 0 aliphatic carbocycles. The van der Waals surface area contributed by atoms with E-state index in [2.05, 4.69) is 10.6 Å². The first kappa shape index (κ1) is 11.7. The summed E-state index contributed by atoms with van der Waals surface area (Å²) in [4.78, 5) is 10.9. The number of hydrogen-bond donors (Lipinski definition) is 2. The van der Waals surface area contributed by atoms with Crippen LogP contribution in [0.4, 0.5) is 4.39 Å². The van der Waals surface area contributed by atoms with Crippen LogP contribution in [0.1, 0.15) is 12.0 Å². The van der Waals surface area contributed by atoms with Crippen molar-refractivity contribution in [3.8, 4) is 0 Å². The van der Waals surface area contributed by atoms with Gasteiger partial charge in [0.25, 0.3) is 0 Å². The van der Waals surface area contributed by atoms with Gasteiger partial charge in [0.2, 0.25) is 5.91 Å². The van der Waals surface area contributed by atoms with Crippen molar-refractivity contribution in [2.24, 2.45) is 0 Å². The van der Waals surface area contributed by atoms with Crippen LogP contribution < -0.4 is 10.6 Å². The molecule has 0 atom stereocenters. The van der Waals surface area contributed by atoms with Crippen LogP contribution in [-0.4, -0.2) is 19.5 Å². The van der Waals surface area contributed by atoms with Crippen LogP contribution in [0.3, 0.4) is 0 Å². The molecular weight excluding hydrogens is 195 g/mol. The molecule has 0 heterocycles. The molecule has 0 fully saturated rings. The zero-order chi connectivity index (χ0) is 11.1. The molecule has 0 unspecified atom stereocenters. The van der Waals surface area contributed by atoms with E-state index < -0.39 is 0 Å². The molecular formula is C11H15FN2O. The predicted molar refractivity (Wildman–Crippen MR) is 56.8 cm³/mol. The van der Waals surface area contributed by atoms with Crippen LogP contribution >= 0.6 is 0 Å². The molecule has 0 aliphatic rings. The van der Waals surface area contributed by atoms with E-state index >= 15 is 0 Å². The summed E-state index contributed by atoms with van der Waals surface area (Å²) in [5.74, 6) is -0.217. The van der Waals surface area contributed by atoms with Crippen molar-refractivity contribution in [2.75, 3.05) is 13.6 Å². The fraction of sp³-hybridized carbons (Fsp3) is 0.364. The normalized spacial score (nSPS) is 10.0. The zero-order valence-corrected chi connectivity index (χ0v) is 8.72. The highest BCUT2D eigenvalue weighted by Gasteiger charge is 1.97. The lowest BCUT2D eigenvalue weighted by molar-refractivity contribution is -0.120. The molecule has 0 saturated heterocycles. The summed E-state index contributed by atoms with van der Waals surface area (Å²) in [5, 5.41) is 5.65. The van der Waals surface area contributed by atoms with Gasteiger partial charge in [-0.3, -0.25) is 4.79 Å². The highest BCUT2D eigenvalue weighted by Crippen LogP contribution is 2.01. The average molecular weight is 210 g/mol. The van der Waals surface area contributed by atoms with Gasteiger partial charge in [0, 0.05) is 26.6 Å². The first-order valence-corrected chi connectivity index (χ1v) is 4.88. The summed E-state index contributed by atoms with van der Waals surface area (Å²) in [5.41, 5.74) is 1.01. The van der Waals surface area contributed by atoms with Crippen LogP contribution in [0.25, 0.3) is 0 Å². The fourth-order valence-electron chi connectivity index (χ4n) is 1.16. The van der Waals surface area contributed by atoms with Crippen LogP contribution in [0, 0.1) is 5.82 Å². The molecule has 3 nitrogen and oxygen atoms in total. The number of hydrogen-bond acceptors (Lipinski definition) is 2. The maximum Gasteiger partial charge on any atom is 0.221 e. The van der Waals surface area contributed by atoms with Gasteiger partial charge >= 0.3 is 0 Å². The summed E-state index contributed by atoms with van der Waals surface area (Å²) in [7, 11) is 1.61. The first-order chi connectivity index (χ1) is 7.22. The fourth-order valence-corrected chi connectivity index (χ4v) is 1.16. The van der Waals surface area contributed by atoms with Crippen molar-refractivity contribution >= 4 is 5.91 Å². The molecule has 0 aliphatic heterocycles. The number of amides is 1. The monoisotopic (exact) mass is 210 g/mol. The minimum atomic E-state index is -0.232. The Morgan fingerprint density at radius 1 is 1.33 bits per heavy atom. The van der Waals surface area contributed by atoms with Gasteiger partial charge in [0.05, 0.1) is 0 Å². The second-order valence-electron chi connectivity index (χ2n) is 3.23. The van der Waals surface area contributed by atoms with Gasteiger partial charge in [-0.2, -0.15) is 0 Å². The van der Waals surface area contributed by atoms with Crippen LogP contribution in [0.2, 0.25) is 0 Å². The Labute approximate surface area is 88.7 Å². The van der Waals surface area contributed by atoms with Gasteiger partial charge in [-0.25, -0.2) is 4.39 Å². The molecule has 0 bridgehead atoms. The summed E-state index contributed by atoms with van der Waals surface area (Å²) in [6.45, 7) is 1.27. The van der Waals surface area contributed by atoms with Gasteiger partial charge in [0.1, 0.15) is 5.82 Å². The van der Waals surface area contributed by atoms with Gasteiger partial charge in [-0.05, 0) is 17.7 Å². The predicted octanol–water partition coefficient (Wildman–Crippen LogP) is 1.05. The quantitative estimate of drug-likeness (QED) is 0.713. The molecule has 4 heteroatoms. The average Bonchev–Trinajstić information content (AvgIpc) is 2.26. The Bertz CT molecular complexity index is 311. The SMILES string of the molecule is CNC(=O)CCNCc1ccc(F)cc1. The molecule has 1 aromatic carbocycles. The highest BCUT2D eigenvalue weighted by atomic mass is 19.1. The lowest BCUT2D eigenvalue weighted by atomic mass is 10.2. The van der Waals surface area contributed by atoms with E-state index in [1.807, 2.05) is 0 Å². The Kier molecular flexibility index (Phi) is 4.77. The van der Waals surface area contributed by atoms with E-state index in [1.165, 1.54) is 12.1 Å². The number of carbonyl (C=O) groups excluding carboxylic acids is 1. The van der Waals surface area contributed by atoms with Crippen LogP contribution in [0.5, 0.6) is 0 Å². The van der Waals surface area contributed by atoms with Gasteiger partial charge in [-0.15, -0.1) is 0 Å². The number of carbonyl (C=O) groups is 1. The number of rotatable bonds is 5. The minimum Gasteiger partial charge on any atom is -0.359 e. The lowest BCUT2D eigenvalue weighted by Gasteiger charge is -2.04. The third-order valence-electron chi connectivity index (χ3n) is 2.05. The van der Waals surface area contributed by atoms with Crippen molar-refractivity contribution in [1.29, 1.82) is 0 Å². The molecule has 15 heavy (non-hydrogen) atoms. The topological polar surface area (TPSA) is 41.1 Å². The van der Waals surface area contributed by atoms with E-state index in [0.717, 1.165) is 5.56 Å². The Balaban J connectivity index is 2.20. The number of nitrogens with one attached hydrogen (secondary N) is 2. The second-order valence-corrected chi connectivity index (χ2v) is 3.23.